The number of oxazole rings is 1. The van der Waals surface area contributed by atoms with Gasteiger partial charge in [0.15, 0.2) is 0 Å². The molecule has 4 nitrogen and oxygen atoms in total. The van der Waals surface area contributed by atoms with Crippen molar-refractivity contribution in [2.75, 3.05) is 7.11 Å². The van der Waals surface area contributed by atoms with Gasteiger partial charge in [-0.2, -0.15) is 0 Å². The highest BCUT2D eigenvalue weighted by Gasteiger charge is 2.08. The molecule has 0 bridgehead atoms. The molecule has 2 aromatic rings. The second-order valence-corrected chi connectivity index (χ2v) is 4.14. The van der Waals surface area contributed by atoms with Crippen LogP contribution in [0.3, 0.4) is 0 Å². The van der Waals surface area contributed by atoms with Gasteiger partial charge in [0.05, 0.1) is 24.2 Å². The average Bonchev–Trinajstić information content (AvgIpc) is 2.93. The standard InChI is InChI=1S/C14H11ClFNO3/c1-19-14(18)10-3-2-9(12(16)6-10)4-5-13-17-11(7-15)8-20-13/h2-6,8H,7H2,1H3/b5-4+. The van der Waals surface area contributed by atoms with Crippen molar-refractivity contribution >= 4 is 29.7 Å². The number of aromatic nitrogens is 1. The summed E-state index contributed by atoms with van der Waals surface area (Å²) in [4.78, 5) is 15.3. The highest BCUT2D eigenvalue weighted by molar-refractivity contribution is 6.16. The molecule has 20 heavy (non-hydrogen) atoms. The van der Waals surface area contributed by atoms with Gasteiger partial charge in [-0.1, -0.05) is 6.07 Å². The topological polar surface area (TPSA) is 52.3 Å². The summed E-state index contributed by atoms with van der Waals surface area (Å²) in [5.41, 5.74) is 1.07. The maximum Gasteiger partial charge on any atom is 0.337 e. The van der Waals surface area contributed by atoms with E-state index < -0.39 is 11.8 Å². The first-order valence-electron chi connectivity index (χ1n) is 5.70. The molecule has 0 saturated carbocycles. The Morgan fingerprint density at radius 1 is 1.50 bits per heavy atom. The number of halogens is 2. The molecule has 0 aliphatic heterocycles. The van der Waals surface area contributed by atoms with E-state index in [1.54, 1.807) is 0 Å². The number of ether oxygens (including phenoxy) is 1. The summed E-state index contributed by atoms with van der Waals surface area (Å²) >= 11 is 5.59. The number of carbonyl (C=O) groups is 1. The van der Waals surface area contributed by atoms with E-state index in [0.29, 0.717) is 17.1 Å². The Balaban J connectivity index is 2.19. The fourth-order valence-corrected chi connectivity index (χ4v) is 1.65. The van der Waals surface area contributed by atoms with E-state index >= 15 is 0 Å². The highest BCUT2D eigenvalue weighted by Crippen LogP contribution is 2.15. The Bertz CT molecular complexity index is 652. The van der Waals surface area contributed by atoms with Crippen molar-refractivity contribution in [3.63, 3.8) is 0 Å². The van der Waals surface area contributed by atoms with Gasteiger partial charge in [0.2, 0.25) is 5.89 Å². The van der Waals surface area contributed by atoms with E-state index in [9.17, 15) is 9.18 Å². The van der Waals surface area contributed by atoms with Gasteiger partial charge in [0.25, 0.3) is 0 Å². The molecule has 0 N–H and O–H groups in total. The minimum absolute atomic E-state index is 0.155. The predicted molar refractivity (Wildman–Crippen MR) is 72.7 cm³/mol. The van der Waals surface area contributed by atoms with Gasteiger partial charge >= 0.3 is 5.97 Å². The zero-order valence-electron chi connectivity index (χ0n) is 10.6. The quantitative estimate of drug-likeness (QED) is 0.640. The summed E-state index contributed by atoms with van der Waals surface area (Å²) in [5, 5.41) is 0. The molecule has 0 aliphatic rings. The molecule has 0 radical (unpaired) electrons. The van der Waals surface area contributed by atoms with Gasteiger partial charge in [-0.3, -0.25) is 0 Å². The third-order valence-electron chi connectivity index (χ3n) is 2.53. The van der Waals surface area contributed by atoms with Gasteiger partial charge in [0.1, 0.15) is 12.1 Å². The van der Waals surface area contributed by atoms with Gasteiger partial charge in [-0.15, -0.1) is 11.6 Å². The number of methoxy groups -OCH3 is 1. The second kappa shape index (κ2) is 6.34. The van der Waals surface area contributed by atoms with Crippen molar-refractivity contribution in [2.24, 2.45) is 0 Å². The van der Waals surface area contributed by atoms with E-state index in [2.05, 4.69) is 9.72 Å². The maximum absolute atomic E-state index is 13.8. The minimum atomic E-state index is -0.584. The van der Waals surface area contributed by atoms with Gasteiger partial charge < -0.3 is 9.15 Å². The van der Waals surface area contributed by atoms with Crippen LogP contribution in [-0.4, -0.2) is 18.1 Å². The van der Waals surface area contributed by atoms with Crippen LogP contribution >= 0.6 is 11.6 Å². The molecule has 0 fully saturated rings. The Morgan fingerprint density at radius 3 is 2.90 bits per heavy atom. The molecule has 104 valence electrons. The van der Waals surface area contributed by atoms with Gasteiger partial charge in [0, 0.05) is 11.6 Å². The molecule has 0 atom stereocenters. The summed E-state index contributed by atoms with van der Waals surface area (Å²) < 4.78 is 23.4. The Labute approximate surface area is 119 Å². The van der Waals surface area contributed by atoms with Crippen molar-refractivity contribution in [3.05, 3.63) is 53.0 Å². The minimum Gasteiger partial charge on any atom is -0.465 e. The number of hydrogen-bond donors (Lipinski definition) is 0. The van der Waals surface area contributed by atoms with Crippen LogP contribution in [0.5, 0.6) is 0 Å². The van der Waals surface area contributed by atoms with Crippen molar-refractivity contribution in [1.29, 1.82) is 0 Å². The summed E-state index contributed by atoms with van der Waals surface area (Å²) in [7, 11) is 1.24. The average molecular weight is 296 g/mol. The molecular formula is C14H11ClFNO3. The normalized spacial score (nSPS) is 10.9. The number of esters is 1. The lowest BCUT2D eigenvalue weighted by atomic mass is 10.1. The molecule has 6 heteroatoms. The molecule has 0 unspecified atom stereocenters. The van der Waals surface area contributed by atoms with Crippen LogP contribution < -0.4 is 0 Å². The van der Waals surface area contributed by atoms with Crippen molar-refractivity contribution in [1.82, 2.24) is 4.98 Å². The first kappa shape index (κ1) is 14.3. The zero-order chi connectivity index (χ0) is 14.5. The van der Waals surface area contributed by atoms with E-state index in [0.717, 1.165) is 6.07 Å². The number of rotatable bonds is 4. The maximum atomic E-state index is 13.8. The van der Waals surface area contributed by atoms with Crippen LogP contribution in [0.25, 0.3) is 12.2 Å². The molecule has 1 aromatic carbocycles. The smallest absolute Gasteiger partial charge is 0.337 e. The Kier molecular flexibility index (Phi) is 4.53. The fourth-order valence-electron chi connectivity index (χ4n) is 1.53. The van der Waals surface area contributed by atoms with Crippen LogP contribution in [-0.2, 0) is 10.6 Å². The highest BCUT2D eigenvalue weighted by atomic mass is 35.5. The summed E-state index contributed by atoms with van der Waals surface area (Å²) in [6.07, 6.45) is 4.45. The SMILES string of the molecule is COC(=O)c1ccc(/C=C/c2nc(CCl)co2)c(F)c1. The summed E-state index contributed by atoms with van der Waals surface area (Å²) in [6.45, 7) is 0. The third kappa shape index (κ3) is 3.24. The molecule has 0 saturated heterocycles. The first-order valence-corrected chi connectivity index (χ1v) is 6.24. The lowest BCUT2D eigenvalue weighted by molar-refractivity contribution is 0.0600. The number of hydrogen-bond acceptors (Lipinski definition) is 4. The molecule has 0 aliphatic carbocycles. The molecule has 1 aromatic heterocycles. The number of carbonyl (C=O) groups excluding carboxylic acids is 1. The van der Waals surface area contributed by atoms with Crippen LogP contribution in [0.15, 0.2) is 28.9 Å². The lowest BCUT2D eigenvalue weighted by Gasteiger charge is -2.01. The first-order chi connectivity index (χ1) is 9.63. The largest absolute Gasteiger partial charge is 0.465 e. The van der Waals surface area contributed by atoms with E-state index in [-0.39, 0.29) is 11.4 Å². The number of nitrogens with zero attached hydrogens (tertiary/aromatic N) is 1. The molecule has 0 amide bonds. The zero-order valence-corrected chi connectivity index (χ0v) is 11.4. The summed E-state index contributed by atoms with van der Waals surface area (Å²) in [5.74, 6) is -0.538. The fraction of sp³-hybridized carbons (Fsp3) is 0.143. The molecule has 1 heterocycles. The Hall–Kier alpha value is -2.14. The third-order valence-corrected chi connectivity index (χ3v) is 2.81. The number of alkyl halides is 1. The molecular weight excluding hydrogens is 285 g/mol. The van der Waals surface area contributed by atoms with E-state index in [4.69, 9.17) is 16.0 Å². The second-order valence-electron chi connectivity index (χ2n) is 3.87. The van der Waals surface area contributed by atoms with E-state index in [1.165, 1.54) is 37.7 Å². The van der Waals surface area contributed by atoms with E-state index in [1.807, 2.05) is 0 Å². The van der Waals surface area contributed by atoms with Crippen molar-refractivity contribution in [3.8, 4) is 0 Å². The van der Waals surface area contributed by atoms with Crippen molar-refractivity contribution in [2.45, 2.75) is 5.88 Å². The predicted octanol–water partition coefficient (Wildman–Crippen LogP) is 3.51. The lowest BCUT2D eigenvalue weighted by Crippen LogP contribution is -2.01. The Morgan fingerprint density at radius 2 is 2.30 bits per heavy atom. The van der Waals surface area contributed by atoms with Crippen LogP contribution in [0.4, 0.5) is 4.39 Å². The van der Waals surface area contributed by atoms with Gasteiger partial charge in [-0.25, -0.2) is 14.2 Å². The van der Waals surface area contributed by atoms with Crippen molar-refractivity contribution < 1.29 is 18.3 Å². The van der Waals surface area contributed by atoms with Crippen LogP contribution in [0, 0.1) is 5.82 Å². The molecule has 2 rings (SSSR count). The van der Waals surface area contributed by atoms with Crippen LogP contribution in [0.1, 0.15) is 27.5 Å². The van der Waals surface area contributed by atoms with Gasteiger partial charge in [-0.05, 0) is 18.2 Å². The monoisotopic (exact) mass is 295 g/mol. The summed E-state index contributed by atoms with van der Waals surface area (Å²) in [6, 6.07) is 4.07. The molecule has 0 spiro atoms. The number of benzene rings is 1. The van der Waals surface area contributed by atoms with Crippen LogP contribution in [0.2, 0.25) is 0 Å².